The van der Waals surface area contributed by atoms with Gasteiger partial charge < -0.3 is 14.8 Å². The molecule has 2 aliphatic heterocycles. The number of ether oxygens (including phenoxy) is 2. The van der Waals surface area contributed by atoms with E-state index in [9.17, 15) is 9.59 Å². The van der Waals surface area contributed by atoms with Gasteiger partial charge in [-0.15, -0.1) is 0 Å². The first-order chi connectivity index (χ1) is 12.1. The van der Waals surface area contributed by atoms with Crippen LogP contribution in [-0.2, 0) is 11.3 Å². The number of hydrogen-bond acceptors (Lipinski definition) is 4. The first-order valence-electron chi connectivity index (χ1n) is 7.59. The van der Waals surface area contributed by atoms with Gasteiger partial charge in [0.05, 0.1) is 11.6 Å². The molecule has 4 rings (SSSR count). The fraction of sp³-hybridized carbons (Fsp3) is 0.111. The fourth-order valence-electron chi connectivity index (χ4n) is 2.68. The first-order valence-corrected chi connectivity index (χ1v) is 7.97. The van der Waals surface area contributed by atoms with Crippen molar-refractivity contribution in [3.05, 3.63) is 64.3 Å². The molecule has 6 nitrogen and oxygen atoms in total. The van der Waals surface area contributed by atoms with Gasteiger partial charge in [0.25, 0.3) is 5.91 Å². The topological polar surface area (TPSA) is 67.9 Å². The van der Waals surface area contributed by atoms with Gasteiger partial charge in [-0.3, -0.25) is 9.69 Å². The van der Waals surface area contributed by atoms with Crippen LogP contribution in [0.5, 0.6) is 11.5 Å². The van der Waals surface area contributed by atoms with E-state index in [2.05, 4.69) is 5.32 Å². The number of imide groups is 1. The van der Waals surface area contributed by atoms with Gasteiger partial charge >= 0.3 is 6.03 Å². The Balaban J connectivity index is 1.60. The molecular weight excluding hydrogens is 344 g/mol. The van der Waals surface area contributed by atoms with Gasteiger partial charge in [-0.2, -0.15) is 0 Å². The van der Waals surface area contributed by atoms with Gasteiger partial charge in [0.15, 0.2) is 11.5 Å². The highest BCUT2D eigenvalue weighted by Gasteiger charge is 2.33. The molecule has 2 aromatic carbocycles. The Hall–Kier alpha value is -2.99. The molecule has 2 aliphatic rings. The first kappa shape index (κ1) is 15.5. The second-order valence-electron chi connectivity index (χ2n) is 5.59. The third-order valence-corrected chi connectivity index (χ3v) is 4.26. The highest BCUT2D eigenvalue weighted by molar-refractivity contribution is 6.32. The van der Waals surface area contributed by atoms with Crippen LogP contribution < -0.4 is 14.8 Å². The summed E-state index contributed by atoms with van der Waals surface area (Å²) < 4.78 is 10.6. The zero-order chi connectivity index (χ0) is 17.4. The summed E-state index contributed by atoms with van der Waals surface area (Å²) in [6, 6.07) is 12.2. The van der Waals surface area contributed by atoms with Gasteiger partial charge in [0.2, 0.25) is 6.79 Å². The number of nitrogens with one attached hydrogen (secondary N) is 1. The van der Waals surface area contributed by atoms with E-state index in [0.717, 1.165) is 10.5 Å². The maximum atomic E-state index is 12.5. The van der Waals surface area contributed by atoms with Gasteiger partial charge in [0.1, 0.15) is 5.70 Å². The van der Waals surface area contributed by atoms with Crippen molar-refractivity contribution in [2.45, 2.75) is 6.54 Å². The minimum absolute atomic E-state index is 0.131. The van der Waals surface area contributed by atoms with Gasteiger partial charge in [-0.25, -0.2) is 4.79 Å². The molecule has 0 aromatic heterocycles. The Labute approximate surface area is 148 Å². The molecule has 1 N–H and O–H groups in total. The highest BCUT2D eigenvalue weighted by Crippen LogP contribution is 2.37. The van der Waals surface area contributed by atoms with Crippen molar-refractivity contribution in [2.24, 2.45) is 0 Å². The number of nitrogens with zero attached hydrogens (tertiary/aromatic N) is 1. The summed E-state index contributed by atoms with van der Waals surface area (Å²) in [5.74, 6) is 0.705. The molecule has 0 spiro atoms. The summed E-state index contributed by atoms with van der Waals surface area (Å²) in [5.41, 5.74) is 1.60. The number of benzene rings is 2. The molecule has 0 bridgehead atoms. The van der Waals surface area contributed by atoms with Crippen molar-refractivity contribution in [3.63, 3.8) is 0 Å². The Morgan fingerprint density at radius 2 is 1.84 bits per heavy atom. The highest BCUT2D eigenvalue weighted by atomic mass is 35.5. The number of halogens is 1. The minimum atomic E-state index is -0.461. The third kappa shape index (κ3) is 2.92. The van der Waals surface area contributed by atoms with Crippen LogP contribution in [0.3, 0.4) is 0 Å². The van der Waals surface area contributed by atoms with Gasteiger partial charge in [-0.05, 0) is 23.3 Å². The smallest absolute Gasteiger partial charge is 0.329 e. The van der Waals surface area contributed by atoms with E-state index in [0.29, 0.717) is 22.1 Å². The lowest BCUT2D eigenvalue weighted by molar-refractivity contribution is -0.123. The summed E-state index contributed by atoms with van der Waals surface area (Å²) in [7, 11) is 0. The van der Waals surface area contributed by atoms with Gasteiger partial charge in [0, 0.05) is 6.07 Å². The molecule has 1 fully saturated rings. The Bertz CT molecular complexity index is 895. The van der Waals surface area contributed by atoms with Crippen LogP contribution in [-0.4, -0.2) is 23.6 Å². The Morgan fingerprint density at radius 1 is 1.12 bits per heavy atom. The fourth-order valence-corrected chi connectivity index (χ4v) is 2.89. The zero-order valence-corrected chi connectivity index (χ0v) is 13.7. The van der Waals surface area contributed by atoms with E-state index in [1.54, 1.807) is 12.1 Å². The lowest BCUT2D eigenvalue weighted by atomic mass is 10.1. The van der Waals surface area contributed by atoms with E-state index in [1.807, 2.05) is 30.3 Å². The normalized spacial score (nSPS) is 17.3. The average molecular weight is 357 g/mol. The Kier molecular flexibility index (Phi) is 3.82. The molecule has 0 aliphatic carbocycles. The summed E-state index contributed by atoms with van der Waals surface area (Å²) in [6.45, 7) is 0.337. The van der Waals surface area contributed by atoms with Crippen molar-refractivity contribution in [2.75, 3.05) is 6.79 Å². The number of amides is 3. The monoisotopic (exact) mass is 356 g/mol. The van der Waals surface area contributed by atoms with Crippen molar-refractivity contribution in [1.82, 2.24) is 10.2 Å². The molecule has 0 unspecified atom stereocenters. The van der Waals surface area contributed by atoms with Crippen LogP contribution in [0, 0.1) is 0 Å². The second kappa shape index (κ2) is 6.14. The molecule has 3 amide bonds. The molecule has 1 saturated heterocycles. The molecule has 2 aromatic rings. The van der Waals surface area contributed by atoms with Crippen LogP contribution in [0.15, 0.2) is 48.2 Å². The van der Waals surface area contributed by atoms with Crippen molar-refractivity contribution >= 4 is 29.6 Å². The molecule has 0 saturated carbocycles. The van der Waals surface area contributed by atoms with Crippen molar-refractivity contribution in [1.29, 1.82) is 0 Å². The molecule has 0 atom stereocenters. The Morgan fingerprint density at radius 3 is 2.60 bits per heavy atom. The summed E-state index contributed by atoms with van der Waals surface area (Å²) >= 11 is 6.22. The SMILES string of the molecule is O=C1N/C(=C/c2cc3c(cc2Cl)OCO3)C(=O)N1Cc1ccccc1. The number of rotatable bonds is 3. The number of hydrogen-bond donors (Lipinski definition) is 1. The van der Waals surface area contributed by atoms with Crippen LogP contribution in [0.2, 0.25) is 5.02 Å². The van der Waals surface area contributed by atoms with Crippen molar-refractivity contribution in [3.8, 4) is 11.5 Å². The number of fused-ring (bicyclic) bond motifs is 1. The lowest BCUT2D eigenvalue weighted by Gasteiger charge is -2.11. The van der Waals surface area contributed by atoms with E-state index < -0.39 is 11.9 Å². The average Bonchev–Trinajstić information content (AvgIpc) is 3.16. The van der Waals surface area contributed by atoms with Gasteiger partial charge in [-0.1, -0.05) is 41.9 Å². The molecule has 0 radical (unpaired) electrons. The summed E-state index contributed by atoms with van der Waals surface area (Å²) in [6.07, 6.45) is 1.54. The zero-order valence-electron chi connectivity index (χ0n) is 13.0. The van der Waals surface area contributed by atoms with Crippen LogP contribution >= 0.6 is 11.6 Å². The van der Waals surface area contributed by atoms with Crippen LogP contribution in [0.1, 0.15) is 11.1 Å². The van der Waals surface area contributed by atoms with Crippen molar-refractivity contribution < 1.29 is 19.1 Å². The van der Waals surface area contributed by atoms with Crippen LogP contribution in [0.25, 0.3) is 6.08 Å². The summed E-state index contributed by atoms with van der Waals surface area (Å²) in [4.78, 5) is 25.8. The predicted molar refractivity (Wildman–Crippen MR) is 91.1 cm³/mol. The quantitative estimate of drug-likeness (QED) is 0.677. The second-order valence-corrected chi connectivity index (χ2v) is 6.00. The van der Waals surface area contributed by atoms with E-state index >= 15 is 0 Å². The number of carbonyl (C=O) groups excluding carboxylic acids is 2. The third-order valence-electron chi connectivity index (χ3n) is 3.94. The number of carbonyl (C=O) groups is 2. The molecule has 2 heterocycles. The maximum absolute atomic E-state index is 12.5. The molecular formula is C18H13ClN2O4. The van der Waals surface area contributed by atoms with Crippen LogP contribution in [0.4, 0.5) is 4.79 Å². The standard InChI is InChI=1S/C18H13ClN2O4/c19-13-8-16-15(24-10-25-16)7-12(13)6-14-17(22)21(18(23)20-14)9-11-4-2-1-3-5-11/h1-8H,9-10H2,(H,20,23)/b14-6+. The molecule has 7 heteroatoms. The van der Waals surface area contributed by atoms with E-state index in [-0.39, 0.29) is 19.0 Å². The van der Waals surface area contributed by atoms with E-state index in [1.165, 1.54) is 6.08 Å². The predicted octanol–water partition coefficient (Wildman–Crippen LogP) is 3.16. The maximum Gasteiger partial charge on any atom is 0.329 e. The van der Waals surface area contributed by atoms with E-state index in [4.69, 9.17) is 21.1 Å². The summed E-state index contributed by atoms with van der Waals surface area (Å²) in [5, 5.41) is 2.99. The molecule has 25 heavy (non-hydrogen) atoms. The largest absolute Gasteiger partial charge is 0.454 e. The lowest BCUT2D eigenvalue weighted by Crippen LogP contribution is -2.30. The minimum Gasteiger partial charge on any atom is -0.454 e. The molecule has 126 valence electrons. The number of urea groups is 1.